The molecule has 0 aromatic carbocycles. The summed E-state index contributed by atoms with van der Waals surface area (Å²) in [6.07, 6.45) is 2.80. The van der Waals surface area contributed by atoms with Gasteiger partial charge in [-0.15, -0.1) is 0 Å². The number of rotatable bonds is 5. The molecule has 0 bridgehead atoms. The lowest BCUT2D eigenvalue weighted by Gasteiger charge is -2.32. The van der Waals surface area contributed by atoms with Crippen molar-refractivity contribution in [1.29, 1.82) is 0 Å². The number of likely N-dealkylation sites (tertiary alicyclic amines) is 1. The highest BCUT2D eigenvalue weighted by atomic mass is 16.3. The predicted octanol–water partition coefficient (Wildman–Crippen LogP) is 0.948. The summed E-state index contributed by atoms with van der Waals surface area (Å²) >= 11 is 0. The molecule has 1 heterocycles. The normalized spacial score (nSPS) is 22.9. The summed E-state index contributed by atoms with van der Waals surface area (Å²) in [4.78, 5) is 16.0. The number of likely N-dealkylation sites (N-methyl/N-ethyl adjacent to an activating group) is 1. The molecule has 4 heteroatoms. The minimum Gasteiger partial charge on any atom is -0.393 e. The quantitative estimate of drug-likeness (QED) is 0.780. The number of aliphatic hydroxyl groups is 1. The van der Waals surface area contributed by atoms with Gasteiger partial charge in [0.1, 0.15) is 0 Å². The maximum Gasteiger partial charge on any atom is 0.236 e. The van der Waals surface area contributed by atoms with Crippen molar-refractivity contribution in [2.45, 2.75) is 39.2 Å². The van der Waals surface area contributed by atoms with Crippen molar-refractivity contribution < 1.29 is 9.90 Å². The molecule has 17 heavy (non-hydrogen) atoms. The Morgan fingerprint density at radius 2 is 2.29 bits per heavy atom. The minimum absolute atomic E-state index is 0.227. The number of piperidine rings is 1. The summed E-state index contributed by atoms with van der Waals surface area (Å²) in [6, 6.07) is 0. The highest BCUT2D eigenvalue weighted by Crippen LogP contribution is 2.15. The molecule has 2 unspecified atom stereocenters. The molecule has 1 aliphatic rings. The molecule has 1 amide bonds. The van der Waals surface area contributed by atoms with Gasteiger partial charge in [0, 0.05) is 19.6 Å². The van der Waals surface area contributed by atoms with Crippen molar-refractivity contribution in [3.8, 4) is 0 Å². The third kappa shape index (κ3) is 5.50. The van der Waals surface area contributed by atoms with Crippen molar-refractivity contribution in [2.75, 3.05) is 33.2 Å². The van der Waals surface area contributed by atoms with Gasteiger partial charge in [-0.05, 0) is 39.2 Å². The highest BCUT2D eigenvalue weighted by molar-refractivity contribution is 5.78. The van der Waals surface area contributed by atoms with Crippen LogP contribution in [0, 0.1) is 5.92 Å². The SMILES string of the molecule is CC(O)CCN(C)CC(=O)N1CCCC(C)C1. The molecule has 0 aromatic rings. The first-order valence-electron chi connectivity index (χ1n) is 6.63. The molecule has 0 aliphatic carbocycles. The Hall–Kier alpha value is -0.610. The largest absolute Gasteiger partial charge is 0.393 e. The Labute approximate surface area is 105 Å². The van der Waals surface area contributed by atoms with Crippen LogP contribution in [0.2, 0.25) is 0 Å². The summed E-state index contributed by atoms with van der Waals surface area (Å²) in [6.45, 7) is 7.04. The second kappa shape index (κ2) is 6.97. The third-order valence-corrected chi connectivity index (χ3v) is 3.34. The van der Waals surface area contributed by atoms with Gasteiger partial charge in [0.2, 0.25) is 5.91 Å². The number of hydrogen-bond donors (Lipinski definition) is 1. The topological polar surface area (TPSA) is 43.8 Å². The van der Waals surface area contributed by atoms with Gasteiger partial charge in [0.15, 0.2) is 0 Å². The zero-order chi connectivity index (χ0) is 12.8. The average Bonchev–Trinajstić information content (AvgIpc) is 2.26. The zero-order valence-corrected chi connectivity index (χ0v) is 11.4. The molecule has 1 aliphatic heterocycles. The van der Waals surface area contributed by atoms with E-state index in [0.29, 0.717) is 12.5 Å². The Kier molecular flexibility index (Phi) is 5.92. The van der Waals surface area contributed by atoms with Crippen LogP contribution in [0.25, 0.3) is 0 Å². The molecule has 0 saturated carbocycles. The first-order valence-corrected chi connectivity index (χ1v) is 6.63. The van der Waals surface area contributed by atoms with Crippen LogP contribution in [0.15, 0.2) is 0 Å². The molecule has 100 valence electrons. The summed E-state index contributed by atoms with van der Waals surface area (Å²) < 4.78 is 0. The monoisotopic (exact) mass is 242 g/mol. The van der Waals surface area contributed by atoms with E-state index in [-0.39, 0.29) is 12.0 Å². The van der Waals surface area contributed by atoms with E-state index in [1.165, 1.54) is 6.42 Å². The van der Waals surface area contributed by atoms with E-state index in [1.54, 1.807) is 6.92 Å². The van der Waals surface area contributed by atoms with Crippen LogP contribution < -0.4 is 0 Å². The molecule has 1 rings (SSSR count). The van der Waals surface area contributed by atoms with Gasteiger partial charge in [-0.25, -0.2) is 0 Å². The lowest BCUT2D eigenvalue weighted by atomic mass is 10.0. The third-order valence-electron chi connectivity index (χ3n) is 3.34. The van der Waals surface area contributed by atoms with Crippen molar-refractivity contribution in [2.24, 2.45) is 5.92 Å². The number of aliphatic hydroxyl groups excluding tert-OH is 1. The second-order valence-electron chi connectivity index (χ2n) is 5.46. The van der Waals surface area contributed by atoms with Crippen LogP contribution in [0.1, 0.15) is 33.1 Å². The van der Waals surface area contributed by atoms with Crippen LogP contribution in [0.3, 0.4) is 0 Å². The summed E-state index contributed by atoms with van der Waals surface area (Å²) in [5.74, 6) is 0.861. The van der Waals surface area contributed by atoms with E-state index in [1.807, 2.05) is 16.8 Å². The first kappa shape index (κ1) is 14.5. The number of carbonyl (C=O) groups is 1. The number of amides is 1. The highest BCUT2D eigenvalue weighted by Gasteiger charge is 2.21. The fraction of sp³-hybridized carbons (Fsp3) is 0.923. The maximum atomic E-state index is 12.0. The Morgan fingerprint density at radius 3 is 2.88 bits per heavy atom. The molecule has 4 nitrogen and oxygen atoms in total. The van der Waals surface area contributed by atoms with E-state index in [2.05, 4.69) is 6.92 Å². The molecule has 1 fully saturated rings. The molecule has 0 spiro atoms. The van der Waals surface area contributed by atoms with Crippen LogP contribution in [0.5, 0.6) is 0 Å². The van der Waals surface area contributed by atoms with E-state index in [9.17, 15) is 9.90 Å². The van der Waals surface area contributed by atoms with Crippen LogP contribution in [0.4, 0.5) is 0 Å². The number of hydrogen-bond acceptors (Lipinski definition) is 3. The van der Waals surface area contributed by atoms with Gasteiger partial charge >= 0.3 is 0 Å². The van der Waals surface area contributed by atoms with Crippen molar-refractivity contribution in [1.82, 2.24) is 9.80 Å². The Morgan fingerprint density at radius 1 is 1.59 bits per heavy atom. The number of carbonyl (C=O) groups excluding carboxylic acids is 1. The van der Waals surface area contributed by atoms with Crippen molar-refractivity contribution in [3.05, 3.63) is 0 Å². The molecule has 0 aromatic heterocycles. The van der Waals surface area contributed by atoms with Crippen molar-refractivity contribution >= 4 is 5.91 Å². The van der Waals surface area contributed by atoms with E-state index >= 15 is 0 Å². The summed E-state index contributed by atoms with van der Waals surface area (Å²) in [5, 5.41) is 9.20. The zero-order valence-electron chi connectivity index (χ0n) is 11.4. The van der Waals surface area contributed by atoms with E-state index < -0.39 is 0 Å². The van der Waals surface area contributed by atoms with Crippen LogP contribution in [-0.4, -0.2) is 60.1 Å². The lowest BCUT2D eigenvalue weighted by molar-refractivity contribution is -0.133. The molecule has 0 radical (unpaired) electrons. The molecular formula is C13H26N2O2. The fourth-order valence-electron chi connectivity index (χ4n) is 2.23. The first-order chi connectivity index (χ1) is 7.99. The molecule has 2 atom stereocenters. The Bertz CT molecular complexity index is 244. The smallest absolute Gasteiger partial charge is 0.236 e. The molecular weight excluding hydrogens is 216 g/mol. The van der Waals surface area contributed by atoms with Gasteiger partial charge in [-0.2, -0.15) is 0 Å². The molecule has 1 N–H and O–H groups in total. The Balaban J connectivity index is 2.27. The molecule has 1 saturated heterocycles. The van der Waals surface area contributed by atoms with Crippen LogP contribution in [-0.2, 0) is 4.79 Å². The van der Waals surface area contributed by atoms with E-state index in [4.69, 9.17) is 0 Å². The number of nitrogens with zero attached hydrogens (tertiary/aromatic N) is 2. The van der Waals surface area contributed by atoms with Gasteiger partial charge in [-0.1, -0.05) is 6.92 Å². The average molecular weight is 242 g/mol. The van der Waals surface area contributed by atoms with Crippen LogP contribution >= 0.6 is 0 Å². The summed E-state index contributed by atoms with van der Waals surface area (Å²) in [5.41, 5.74) is 0. The standard InChI is InChI=1S/C13H26N2O2/c1-11-5-4-7-15(9-11)13(17)10-14(3)8-6-12(2)16/h11-12,16H,4-10H2,1-3H3. The predicted molar refractivity (Wildman–Crippen MR) is 68.8 cm³/mol. The second-order valence-corrected chi connectivity index (χ2v) is 5.46. The van der Waals surface area contributed by atoms with Gasteiger partial charge in [-0.3, -0.25) is 9.69 Å². The minimum atomic E-state index is -0.289. The lowest BCUT2D eigenvalue weighted by Crippen LogP contribution is -2.44. The van der Waals surface area contributed by atoms with Gasteiger partial charge < -0.3 is 10.0 Å². The van der Waals surface area contributed by atoms with Crippen molar-refractivity contribution in [3.63, 3.8) is 0 Å². The fourth-order valence-corrected chi connectivity index (χ4v) is 2.23. The van der Waals surface area contributed by atoms with E-state index in [0.717, 1.165) is 32.5 Å². The summed E-state index contributed by atoms with van der Waals surface area (Å²) in [7, 11) is 1.94. The van der Waals surface area contributed by atoms with Gasteiger partial charge in [0.05, 0.1) is 12.6 Å². The van der Waals surface area contributed by atoms with Gasteiger partial charge in [0.25, 0.3) is 0 Å². The maximum absolute atomic E-state index is 12.0.